The van der Waals surface area contributed by atoms with E-state index in [1.54, 1.807) is 35.3 Å². The molecule has 0 radical (unpaired) electrons. The van der Waals surface area contributed by atoms with Crippen molar-refractivity contribution in [2.45, 2.75) is 13.0 Å². The molecule has 2 rings (SSSR count). The Morgan fingerprint density at radius 1 is 1.31 bits per heavy atom. The van der Waals surface area contributed by atoms with Crippen LogP contribution in [0.4, 0.5) is 4.39 Å². The lowest BCUT2D eigenvalue weighted by atomic mass is 10.1. The summed E-state index contributed by atoms with van der Waals surface area (Å²) in [4.78, 5) is 0. The summed E-state index contributed by atoms with van der Waals surface area (Å²) in [5, 5.41) is 12.8. The predicted octanol–water partition coefficient (Wildman–Crippen LogP) is 2.07. The van der Waals surface area contributed by atoms with Gasteiger partial charge < -0.3 is 5.11 Å². The van der Waals surface area contributed by atoms with Crippen LogP contribution in [0.2, 0.25) is 0 Å². The van der Waals surface area contributed by atoms with Gasteiger partial charge in [0, 0.05) is 30.5 Å². The van der Waals surface area contributed by atoms with E-state index in [2.05, 4.69) is 5.10 Å². The summed E-state index contributed by atoms with van der Waals surface area (Å²) < 4.78 is 15.2. The molecular weight excluding hydrogens is 207 g/mol. The molecular formula is C12H13FN2O. The Kier molecular flexibility index (Phi) is 3.31. The van der Waals surface area contributed by atoms with Gasteiger partial charge in [0.15, 0.2) is 0 Å². The monoisotopic (exact) mass is 220 g/mol. The molecule has 0 aliphatic heterocycles. The summed E-state index contributed by atoms with van der Waals surface area (Å²) in [5.74, 6) is -0.246. The van der Waals surface area contributed by atoms with Gasteiger partial charge in [0.2, 0.25) is 0 Å². The number of hydrogen-bond donors (Lipinski definition) is 1. The second-order valence-corrected chi connectivity index (χ2v) is 3.55. The van der Waals surface area contributed by atoms with Gasteiger partial charge in [-0.1, -0.05) is 18.2 Å². The summed E-state index contributed by atoms with van der Waals surface area (Å²) in [6, 6.07) is 6.61. The molecule has 0 saturated carbocycles. The van der Waals surface area contributed by atoms with E-state index in [0.29, 0.717) is 18.5 Å². The quantitative estimate of drug-likeness (QED) is 0.856. The fraction of sp³-hybridized carbons (Fsp3) is 0.250. The van der Waals surface area contributed by atoms with E-state index >= 15 is 0 Å². The number of aryl methyl sites for hydroxylation is 1. The summed E-state index contributed by atoms with van der Waals surface area (Å²) in [6.07, 6.45) is 4.07. The zero-order valence-corrected chi connectivity index (χ0v) is 8.81. The van der Waals surface area contributed by atoms with Gasteiger partial charge in [0.25, 0.3) is 0 Å². The van der Waals surface area contributed by atoms with E-state index in [1.165, 1.54) is 6.07 Å². The first-order valence-electron chi connectivity index (χ1n) is 5.19. The molecule has 4 heteroatoms. The molecule has 1 heterocycles. The van der Waals surface area contributed by atoms with Gasteiger partial charge in [0.1, 0.15) is 5.82 Å². The predicted molar refractivity (Wildman–Crippen MR) is 59.3 cm³/mol. The largest absolute Gasteiger partial charge is 0.396 e. The van der Waals surface area contributed by atoms with Crippen molar-refractivity contribution in [2.24, 2.45) is 0 Å². The number of aliphatic hydroxyl groups is 1. The molecule has 0 bridgehead atoms. The second-order valence-electron chi connectivity index (χ2n) is 3.55. The minimum absolute atomic E-state index is 0.134. The maximum atomic E-state index is 13.5. The molecule has 0 spiro atoms. The first-order chi connectivity index (χ1) is 7.81. The zero-order valence-electron chi connectivity index (χ0n) is 8.81. The molecule has 16 heavy (non-hydrogen) atoms. The van der Waals surface area contributed by atoms with Crippen molar-refractivity contribution in [3.8, 4) is 11.1 Å². The first-order valence-corrected chi connectivity index (χ1v) is 5.19. The third kappa shape index (κ3) is 2.28. The van der Waals surface area contributed by atoms with Crippen LogP contribution in [0, 0.1) is 5.82 Å². The number of nitrogens with zero attached hydrogens (tertiary/aromatic N) is 2. The lowest BCUT2D eigenvalue weighted by Crippen LogP contribution is -1.99. The number of aliphatic hydroxyl groups excluding tert-OH is 1. The van der Waals surface area contributed by atoms with Gasteiger partial charge in [0.05, 0.1) is 6.20 Å². The highest BCUT2D eigenvalue weighted by atomic mass is 19.1. The fourth-order valence-corrected chi connectivity index (χ4v) is 1.55. The SMILES string of the molecule is OCCCn1cc(-c2ccccc2F)cn1. The normalized spacial score (nSPS) is 10.6. The number of halogens is 1. The summed E-state index contributed by atoms with van der Waals surface area (Å²) >= 11 is 0. The van der Waals surface area contributed by atoms with Crippen LogP contribution in [0.5, 0.6) is 0 Å². The highest BCUT2D eigenvalue weighted by Crippen LogP contribution is 2.21. The zero-order chi connectivity index (χ0) is 11.4. The van der Waals surface area contributed by atoms with E-state index in [1.807, 2.05) is 0 Å². The smallest absolute Gasteiger partial charge is 0.131 e. The van der Waals surface area contributed by atoms with Crippen molar-refractivity contribution in [3.05, 3.63) is 42.5 Å². The van der Waals surface area contributed by atoms with Crippen molar-refractivity contribution in [2.75, 3.05) is 6.61 Å². The molecule has 2 aromatic rings. The lowest BCUT2D eigenvalue weighted by Gasteiger charge is -1.99. The molecule has 0 amide bonds. The van der Waals surface area contributed by atoms with Crippen LogP contribution < -0.4 is 0 Å². The number of hydrogen-bond acceptors (Lipinski definition) is 2. The second kappa shape index (κ2) is 4.90. The summed E-state index contributed by atoms with van der Waals surface area (Å²) in [5.41, 5.74) is 1.31. The van der Waals surface area contributed by atoms with Gasteiger partial charge in [-0.15, -0.1) is 0 Å². The van der Waals surface area contributed by atoms with E-state index in [9.17, 15) is 4.39 Å². The van der Waals surface area contributed by atoms with Crippen molar-refractivity contribution < 1.29 is 9.50 Å². The Hall–Kier alpha value is -1.68. The van der Waals surface area contributed by atoms with Crippen molar-refractivity contribution in [1.29, 1.82) is 0 Å². The van der Waals surface area contributed by atoms with Crippen molar-refractivity contribution >= 4 is 0 Å². The Labute approximate surface area is 93.2 Å². The number of benzene rings is 1. The van der Waals surface area contributed by atoms with Crippen molar-refractivity contribution in [3.63, 3.8) is 0 Å². The maximum Gasteiger partial charge on any atom is 0.131 e. The molecule has 1 aromatic carbocycles. The molecule has 3 nitrogen and oxygen atoms in total. The maximum absolute atomic E-state index is 13.5. The average Bonchev–Trinajstić information content (AvgIpc) is 2.75. The Bertz CT molecular complexity index is 468. The number of rotatable bonds is 4. The molecule has 0 saturated heterocycles. The van der Waals surface area contributed by atoms with Crippen LogP contribution in [0.1, 0.15) is 6.42 Å². The first kappa shape index (κ1) is 10.8. The highest BCUT2D eigenvalue weighted by molar-refractivity contribution is 5.62. The Morgan fingerprint density at radius 3 is 2.88 bits per heavy atom. The molecule has 0 aliphatic carbocycles. The number of aromatic nitrogens is 2. The average molecular weight is 220 g/mol. The lowest BCUT2D eigenvalue weighted by molar-refractivity contribution is 0.277. The molecule has 84 valence electrons. The minimum Gasteiger partial charge on any atom is -0.396 e. The summed E-state index contributed by atoms with van der Waals surface area (Å²) in [7, 11) is 0. The van der Waals surface area contributed by atoms with E-state index in [0.717, 1.165) is 5.56 Å². The van der Waals surface area contributed by atoms with Gasteiger partial charge in [-0.05, 0) is 12.5 Å². The molecule has 0 aliphatic rings. The Morgan fingerprint density at radius 2 is 2.12 bits per heavy atom. The van der Waals surface area contributed by atoms with E-state index in [4.69, 9.17) is 5.11 Å². The molecule has 1 aromatic heterocycles. The highest BCUT2D eigenvalue weighted by Gasteiger charge is 2.06. The van der Waals surface area contributed by atoms with Gasteiger partial charge in [-0.3, -0.25) is 4.68 Å². The fourth-order valence-electron chi connectivity index (χ4n) is 1.55. The van der Waals surface area contributed by atoms with Crippen molar-refractivity contribution in [1.82, 2.24) is 9.78 Å². The van der Waals surface area contributed by atoms with Gasteiger partial charge >= 0.3 is 0 Å². The molecule has 0 atom stereocenters. The molecule has 0 fully saturated rings. The van der Waals surface area contributed by atoms with Crippen LogP contribution in [-0.4, -0.2) is 21.5 Å². The van der Waals surface area contributed by atoms with E-state index in [-0.39, 0.29) is 12.4 Å². The van der Waals surface area contributed by atoms with Crippen LogP contribution in [-0.2, 0) is 6.54 Å². The third-order valence-electron chi connectivity index (χ3n) is 2.36. The molecule has 1 N–H and O–H groups in total. The van der Waals surface area contributed by atoms with Crippen LogP contribution in [0.3, 0.4) is 0 Å². The van der Waals surface area contributed by atoms with Gasteiger partial charge in [-0.25, -0.2) is 4.39 Å². The Balaban J connectivity index is 2.22. The minimum atomic E-state index is -0.246. The van der Waals surface area contributed by atoms with Crippen LogP contribution in [0.25, 0.3) is 11.1 Å². The molecule has 0 unspecified atom stereocenters. The van der Waals surface area contributed by atoms with E-state index < -0.39 is 0 Å². The standard InChI is InChI=1S/C12H13FN2O/c13-12-5-2-1-4-11(12)10-8-14-15(9-10)6-3-7-16/h1-2,4-5,8-9,16H,3,6-7H2. The third-order valence-corrected chi connectivity index (χ3v) is 2.36. The topological polar surface area (TPSA) is 38.0 Å². The summed E-state index contributed by atoms with van der Waals surface area (Å²) in [6.45, 7) is 0.778. The van der Waals surface area contributed by atoms with Crippen LogP contribution in [0.15, 0.2) is 36.7 Å². The van der Waals surface area contributed by atoms with Gasteiger partial charge in [-0.2, -0.15) is 5.10 Å². The van der Waals surface area contributed by atoms with Crippen LogP contribution >= 0.6 is 0 Å².